The molecule has 0 N–H and O–H groups in total. The van der Waals surface area contributed by atoms with E-state index in [1.807, 2.05) is 6.92 Å². The van der Waals surface area contributed by atoms with Gasteiger partial charge in [-0.05, 0) is 18.1 Å². The monoisotopic (exact) mass is 302 g/mol. The second kappa shape index (κ2) is 8.79. The zero-order chi connectivity index (χ0) is 15.0. The summed E-state index contributed by atoms with van der Waals surface area (Å²) in [6.07, 6.45) is 0.714. The highest BCUT2D eigenvalue weighted by atomic mass is 35.5. The van der Waals surface area contributed by atoms with Crippen molar-refractivity contribution in [2.75, 3.05) is 33.7 Å². The van der Waals surface area contributed by atoms with Crippen LogP contribution in [0.2, 0.25) is 0 Å². The Bertz CT molecular complexity index is 447. The molecule has 0 aromatic heterocycles. The minimum Gasteiger partial charge on any atom is -0.467 e. The van der Waals surface area contributed by atoms with E-state index in [1.165, 1.54) is 7.11 Å². The van der Waals surface area contributed by atoms with Crippen LogP contribution in [0.3, 0.4) is 0 Å². The molecule has 0 spiro atoms. The van der Waals surface area contributed by atoms with Gasteiger partial charge in [-0.2, -0.15) is 0 Å². The van der Waals surface area contributed by atoms with Gasteiger partial charge in [-0.15, -0.1) is 11.6 Å². The highest BCUT2D eigenvalue weighted by molar-refractivity contribution is 6.30. The molecule has 20 heavy (non-hydrogen) atoms. The molecule has 1 aromatic rings. The van der Waals surface area contributed by atoms with Gasteiger partial charge in [0, 0.05) is 20.3 Å². The van der Waals surface area contributed by atoms with E-state index in [0.717, 1.165) is 5.56 Å². The lowest BCUT2D eigenvalue weighted by Gasteiger charge is -2.15. The Hall–Kier alpha value is -1.30. The predicted molar refractivity (Wildman–Crippen MR) is 75.9 cm³/mol. The third-order valence-electron chi connectivity index (χ3n) is 2.63. The quantitative estimate of drug-likeness (QED) is 0.399. The van der Waals surface area contributed by atoms with Crippen molar-refractivity contribution in [3.8, 4) is 11.5 Å². The molecule has 0 heterocycles. The Labute approximate surface area is 123 Å². The van der Waals surface area contributed by atoms with Gasteiger partial charge in [0.2, 0.25) is 0 Å². The summed E-state index contributed by atoms with van der Waals surface area (Å²) in [5, 5.41) is 0. The fourth-order valence-electron chi connectivity index (χ4n) is 1.67. The second-order valence-corrected chi connectivity index (χ2v) is 4.24. The number of Topliss-reactive ketones (excluding diaryl/α,β-unsaturated/α-hetero) is 1. The summed E-state index contributed by atoms with van der Waals surface area (Å²) in [5.74, 6) is 0.697. The number of benzene rings is 1. The topological polar surface area (TPSA) is 54.0 Å². The molecule has 0 saturated heterocycles. The minimum absolute atomic E-state index is 0.0394. The third-order valence-corrected chi connectivity index (χ3v) is 2.87. The molecule has 0 aliphatic rings. The van der Waals surface area contributed by atoms with Crippen LogP contribution in [0.4, 0.5) is 0 Å². The van der Waals surface area contributed by atoms with Crippen molar-refractivity contribution in [3.05, 3.63) is 23.3 Å². The first-order valence-electron chi connectivity index (χ1n) is 6.17. The molecule has 0 radical (unpaired) electrons. The van der Waals surface area contributed by atoms with Crippen molar-refractivity contribution in [1.82, 2.24) is 0 Å². The maximum absolute atomic E-state index is 11.9. The highest BCUT2D eigenvalue weighted by Crippen LogP contribution is 2.30. The number of methoxy groups -OCH3 is 2. The maximum Gasteiger partial charge on any atom is 0.188 e. The Morgan fingerprint density at radius 1 is 1.10 bits per heavy atom. The molecule has 0 unspecified atom stereocenters. The first kappa shape index (κ1) is 16.8. The van der Waals surface area contributed by atoms with E-state index >= 15 is 0 Å². The first-order valence-corrected chi connectivity index (χ1v) is 6.70. The summed E-state index contributed by atoms with van der Waals surface area (Å²) in [4.78, 5) is 11.9. The van der Waals surface area contributed by atoms with Crippen molar-refractivity contribution in [2.24, 2.45) is 0 Å². The van der Waals surface area contributed by atoms with Crippen LogP contribution in [0.5, 0.6) is 11.5 Å². The number of rotatable bonds is 9. The van der Waals surface area contributed by atoms with Crippen LogP contribution in [-0.2, 0) is 15.9 Å². The molecular formula is C14H19ClO5. The summed E-state index contributed by atoms with van der Waals surface area (Å²) in [6, 6.07) is 3.40. The van der Waals surface area contributed by atoms with Gasteiger partial charge in [0.05, 0.1) is 11.4 Å². The van der Waals surface area contributed by atoms with Crippen LogP contribution in [0.1, 0.15) is 22.8 Å². The molecule has 5 nitrogen and oxygen atoms in total. The van der Waals surface area contributed by atoms with E-state index in [4.69, 9.17) is 30.5 Å². The predicted octanol–water partition coefficient (Wildman–Crippen LogP) is 2.64. The Balaban J connectivity index is 3.17. The number of ketones is 1. The number of ether oxygens (including phenoxy) is 4. The van der Waals surface area contributed by atoms with Gasteiger partial charge in [0.1, 0.15) is 11.5 Å². The molecular weight excluding hydrogens is 284 g/mol. The Kier molecular flexibility index (Phi) is 7.36. The van der Waals surface area contributed by atoms with Gasteiger partial charge in [-0.1, -0.05) is 6.92 Å². The van der Waals surface area contributed by atoms with Crippen LogP contribution < -0.4 is 9.47 Å². The van der Waals surface area contributed by atoms with Gasteiger partial charge in [-0.3, -0.25) is 4.79 Å². The lowest BCUT2D eigenvalue weighted by molar-refractivity contribution is 0.0451. The molecule has 0 fully saturated rings. The summed E-state index contributed by atoms with van der Waals surface area (Å²) in [7, 11) is 3.05. The molecule has 0 bridgehead atoms. The molecule has 112 valence electrons. The average Bonchev–Trinajstić information content (AvgIpc) is 2.49. The summed E-state index contributed by atoms with van der Waals surface area (Å²) in [5.41, 5.74) is 1.32. The van der Waals surface area contributed by atoms with Crippen molar-refractivity contribution in [3.63, 3.8) is 0 Å². The summed E-state index contributed by atoms with van der Waals surface area (Å²) < 4.78 is 20.6. The SMILES string of the molecule is CCc1cc(C(=O)CCl)c(OCOC)cc1OCOC. The van der Waals surface area contributed by atoms with E-state index in [1.54, 1.807) is 19.2 Å². The lowest BCUT2D eigenvalue weighted by Crippen LogP contribution is -2.10. The summed E-state index contributed by atoms with van der Waals surface area (Å²) in [6.45, 7) is 2.14. The number of hydrogen-bond donors (Lipinski definition) is 0. The van der Waals surface area contributed by atoms with Gasteiger partial charge >= 0.3 is 0 Å². The summed E-state index contributed by atoms with van der Waals surface area (Å²) >= 11 is 5.62. The van der Waals surface area contributed by atoms with E-state index in [9.17, 15) is 4.79 Å². The second-order valence-electron chi connectivity index (χ2n) is 3.97. The van der Waals surface area contributed by atoms with Crippen molar-refractivity contribution < 1.29 is 23.7 Å². The number of carbonyl (C=O) groups is 1. The molecule has 0 saturated carbocycles. The lowest BCUT2D eigenvalue weighted by atomic mass is 10.0. The highest BCUT2D eigenvalue weighted by Gasteiger charge is 2.16. The molecule has 0 amide bonds. The zero-order valence-corrected chi connectivity index (χ0v) is 12.7. The largest absolute Gasteiger partial charge is 0.467 e. The number of halogens is 1. The fourth-order valence-corrected chi connectivity index (χ4v) is 1.81. The normalized spacial score (nSPS) is 10.4. The molecule has 1 aromatic carbocycles. The third kappa shape index (κ3) is 4.37. The molecule has 0 aliphatic heterocycles. The molecule has 1 rings (SSSR count). The number of carbonyl (C=O) groups excluding carboxylic acids is 1. The fraction of sp³-hybridized carbons (Fsp3) is 0.500. The van der Waals surface area contributed by atoms with E-state index in [-0.39, 0.29) is 25.2 Å². The minimum atomic E-state index is -0.203. The van der Waals surface area contributed by atoms with Crippen molar-refractivity contribution >= 4 is 17.4 Å². The number of aryl methyl sites for hydroxylation is 1. The standard InChI is InChI=1S/C14H19ClO5/c1-4-10-5-11(12(16)7-15)14(20-9-18-3)6-13(10)19-8-17-2/h5-6H,4,7-9H2,1-3H3. The van der Waals surface area contributed by atoms with E-state index in [2.05, 4.69) is 0 Å². The van der Waals surface area contributed by atoms with E-state index in [0.29, 0.717) is 23.5 Å². The van der Waals surface area contributed by atoms with Crippen LogP contribution in [0.15, 0.2) is 12.1 Å². The average molecular weight is 303 g/mol. The van der Waals surface area contributed by atoms with Crippen molar-refractivity contribution in [1.29, 1.82) is 0 Å². The van der Waals surface area contributed by atoms with Crippen molar-refractivity contribution in [2.45, 2.75) is 13.3 Å². The first-order chi connectivity index (χ1) is 9.67. The maximum atomic E-state index is 11.9. The van der Waals surface area contributed by atoms with Crippen LogP contribution in [0.25, 0.3) is 0 Å². The Morgan fingerprint density at radius 2 is 1.70 bits per heavy atom. The van der Waals surface area contributed by atoms with Crippen LogP contribution in [-0.4, -0.2) is 39.5 Å². The molecule has 0 aliphatic carbocycles. The number of alkyl halides is 1. The molecule has 0 atom stereocenters. The zero-order valence-electron chi connectivity index (χ0n) is 11.9. The van der Waals surface area contributed by atoms with Crippen LogP contribution >= 0.6 is 11.6 Å². The van der Waals surface area contributed by atoms with E-state index < -0.39 is 0 Å². The number of hydrogen-bond acceptors (Lipinski definition) is 5. The van der Waals surface area contributed by atoms with Crippen LogP contribution in [0, 0.1) is 0 Å². The van der Waals surface area contributed by atoms with Gasteiger partial charge in [0.15, 0.2) is 19.4 Å². The van der Waals surface area contributed by atoms with Gasteiger partial charge in [0.25, 0.3) is 0 Å². The Morgan fingerprint density at radius 3 is 2.20 bits per heavy atom. The van der Waals surface area contributed by atoms with Gasteiger partial charge in [-0.25, -0.2) is 0 Å². The van der Waals surface area contributed by atoms with Gasteiger partial charge < -0.3 is 18.9 Å². The molecule has 6 heteroatoms. The smallest absolute Gasteiger partial charge is 0.188 e.